The molecule has 0 heterocycles. The van der Waals surface area contributed by atoms with Crippen LogP contribution in [0.3, 0.4) is 0 Å². The molecule has 98 valence electrons. The second-order valence-electron chi connectivity index (χ2n) is 3.96. The summed E-state index contributed by atoms with van der Waals surface area (Å²) >= 11 is 0. The third-order valence-electron chi connectivity index (χ3n) is 2.33. The molecule has 0 aromatic heterocycles. The van der Waals surface area contributed by atoms with Gasteiger partial charge in [0.05, 0.1) is 10.6 Å². The van der Waals surface area contributed by atoms with E-state index in [2.05, 4.69) is 9.44 Å². The van der Waals surface area contributed by atoms with Gasteiger partial charge in [-0.15, -0.1) is 0 Å². The number of benzene rings is 1. The Balaban J connectivity index is 2.21. The number of nitrogens with one attached hydrogen (secondary N) is 2. The number of phenolic OH excluding ortho intramolecular Hbond substituents is 1. The zero-order chi connectivity index (χ0) is 13.3. The van der Waals surface area contributed by atoms with Crippen molar-refractivity contribution in [2.24, 2.45) is 0 Å². The highest BCUT2D eigenvalue weighted by Gasteiger charge is 2.27. The van der Waals surface area contributed by atoms with Crippen molar-refractivity contribution in [3.05, 3.63) is 28.3 Å². The number of aromatic hydroxyl groups is 1. The van der Waals surface area contributed by atoms with E-state index in [0.29, 0.717) is 0 Å². The normalized spacial score (nSPS) is 15.3. The first-order chi connectivity index (χ1) is 8.37. The van der Waals surface area contributed by atoms with E-state index >= 15 is 0 Å². The van der Waals surface area contributed by atoms with Crippen LogP contribution in [-0.2, 0) is 10.2 Å². The molecule has 0 amide bonds. The summed E-state index contributed by atoms with van der Waals surface area (Å²) < 4.78 is 27.6. The predicted octanol–water partition coefficient (Wildman–Crippen LogP) is 0.709. The Morgan fingerprint density at radius 1 is 1.39 bits per heavy atom. The lowest BCUT2D eigenvalue weighted by Gasteiger charge is -2.09. The highest BCUT2D eigenvalue weighted by atomic mass is 32.2. The van der Waals surface area contributed by atoms with Gasteiger partial charge in [-0.2, -0.15) is 13.1 Å². The van der Waals surface area contributed by atoms with Gasteiger partial charge >= 0.3 is 0 Å². The summed E-state index contributed by atoms with van der Waals surface area (Å²) in [5.41, 5.74) is -0.533. The summed E-state index contributed by atoms with van der Waals surface area (Å²) in [6, 6.07) is 3.01. The Hall–Kier alpha value is -1.87. The summed E-state index contributed by atoms with van der Waals surface area (Å²) in [7, 11) is -3.82. The van der Waals surface area contributed by atoms with Crippen LogP contribution < -0.4 is 9.44 Å². The average molecular weight is 273 g/mol. The van der Waals surface area contributed by atoms with Gasteiger partial charge in [0, 0.05) is 18.2 Å². The quantitative estimate of drug-likeness (QED) is 0.414. The van der Waals surface area contributed by atoms with E-state index in [9.17, 15) is 23.6 Å². The summed E-state index contributed by atoms with van der Waals surface area (Å²) in [4.78, 5) is 9.87. The van der Waals surface area contributed by atoms with Gasteiger partial charge in [-0.3, -0.25) is 14.8 Å². The fourth-order valence-corrected chi connectivity index (χ4v) is 2.50. The van der Waals surface area contributed by atoms with Gasteiger partial charge in [-0.1, -0.05) is 0 Å². The Kier molecular flexibility index (Phi) is 3.09. The minimum absolute atomic E-state index is 0.0941. The first-order valence-electron chi connectivity index (χ1n) is 5.15. The van der Waals surface area contributed by atoms with E-state index in [4.69, 9.17) is 0 Å². The maximum atomic E-state index is 11.6. The molecule has 1 aromatic rings. The minimum Gasteiger partial charge on any atom is -0.506 e. The third-order valence-corrected chi connectivity index (χ3v) is 3.47. The highest BCUT2D eigenvalue weighted by Crippen LogP contribution is 2.29. The van der Waals surface area contributed by atoms with Gasteiger partial charge < -0.3 is 5.11 Å². The Morgan fingerprint density at radius 3 is 2.61 bits per heavy atom. The zero-order valence-electron chi connectivity index (χ0n) is 9.16. The zero-order valence-corrected chi connectivity index (χ0v) is 9.98. The predicted molar refractivity (Wildman–Crippen MR) is 63.5 cm³/mol. The van der Waals surface area contributed by atoms with Crippen LogP contribution in [0.2, 0.25) is 0 Å². The van der Waals surface area contributed by atoms with Crippen LogP contribution >= 0.6 is 0 Å². The maximum absolute atomic E-state index is 11.6. The fraction of sp³-hybridized carbons (Fsp3) is 0.333. The average Bonchev–Trinajstić information content (AvgIpc) is 3.03. The molecule has 2 rings (SSSR count). The summed E-state index contributed by atoms with van der Waals surface area (Å²) in [6.45, 7) is 0. The molecule has 3 N–H and O–H groups in total. The number of hydrogen-bond acceptors (Lipinski definition) is 5. The summed E-state index contributed by atoms with van der Waals surface area (Å²) in [5.74, 6) is -0.373. The van der Waals surface area contributed by atoms with Gasteiger partial charge in [0.15, 0.2) is 0 Å². The molecule has 0 saturated heterocycles. The van der Waals surface area contributed by atoms with Crippen LogP contribution in [0.1, 0.15) is 12.8 Å². The first-order valence-corrected chi connectivity index (χ1v) is 6.63. The van der Waals surface area contributed by atoms with Crippen LogP contribution in [0.4, 0.5) is 11.4 Å². The van der Waals surface area contributed by atoms with Gasteiger partial charge in [-0.05, 0) is 18.9 Å². The molecule has 1 aliphatic rings. The van der Waals surface area contributed by atoms with Crippen LogP contribution in [0.25, 0.3) is 0 Å². The third kappa shape index (κ3) is 3.08. The number of rotatable bonds is 5. The van der Waals surface area contributed by atoms with Crippen LogP contribution in [-0.4, -0.2) is 24.5 Å². The molecule has 0 spiro atoms. The number of phenols is 1. The van der Waals surface area contributed by atoms with Crippen molar-refractivity contribution in [2.75, 3.05) is 4.72 Å². The first kappa shape index (κ1) is 12.6. The van der Waals surface area contributed by atoms with Crippen molar-refractivity contribution in [3.8, 4) is 5.75 Å². The van der Waals surface area contributed by atoms with Crippen LogP contribution in [0.15, 0.2) is 18.2 Å². The fourth-order valence-electron chi connectivity index (χ4n) is 1.31. The molecule has 1 saturated carbocycles. The van der Waals surface area contributed by atoms with E-state index in [1.165, 1.54) is 0 Å². The molecule has 18 heavy (non-hydrogen) atoms. The topological polar surface area (TPSA) is 122 Å². The molecule has 0 bridgehead atoms. The van der Waals surface area contributed by atoms with Crippen molar-refractivity contribution in [2.45, 2.75) is 18.9 Å². The van der Waals surface area contributed by atoms with Crippen molar-refractivity contribution < 1.29 is 18.4 Å². The molecule has 0 unspecified atom stereocenters. The lowest BCUT2D eigenvalue weighted by molar-refractivity contribution is -0.384. The Morgan fingerprint density at radius 2 is 2.06 bits per heavy atom. The van der Waals surface area contributed by atoms with Crippen molar-refractivity contribution in [1.29, 1.82) is 0 Å². The van der Waals surface area contributed by atoms with E-state index in [1.807, 2.05) is 0 Å². The molecule has 0 atom stereocenters. The van der Waals surface area contributed by atoms with E-state index < -0.39 is 15.1 Å². The van der Waals surface area contributed by atoms with Gasteiger partial charge in [0.1, 0.15) is 5.75 Å². The van der Waals surface area contributed by atoms with Gasteiger partial charge in [0.25, 0.3) is 15.9 Å². The number of nitrogens with zero attached hydrogens (tertiary/aromatic N) is 1. The SMILES string of the molecule is O=[N+]([O-])c1ccc(O)c(NS(=O)(=O)NC2CC2)c1. The molecule has 9 heteroatoms. The van der Waals surface area contributed by atoms with E-state index in [-0.39, 0.29) is 23.2 Å². The smallest absolute Gasteiger partial charge is 0.299 e. The van der Waals surface area contributed by atoms with Gasteiger partial charge in [0.2, 0.25) is 0 Å². The Labute approximate surface area is 103 Å². The molecule has 0 aliphatic heterocycles. The number of anilines is 1. The highest BCUT2D eigenvalue weighted by molar-refractivity contribution is 7.90. The number of non-ortho nitro benzene ring substituents is 1. The molecule has 1 aromatic carbocycles. The monoisotopic (exact) mass is 273 g/mol. The van der Waals surface area contributed by atoms with E-state index in [1.54, 1.807) is 0 Å². The maximum Gasteiger partial charge on any atom is 0.299 e. The molecule has 0 radical (unpaired) electrons. The lowest BCUT2D eigenvalue weighted by Crippen LogP contribution is -2.31. The van der Waals surface area contributed by atoms with Crippen molar-refractivity contribution in [3.63, 3.8) is 0 Å². The van der Waals surface area contributed by atoms with Crippen molar-refractivity contribution in [1.82, 2.24) is 4.72 Å². The second-order valence-corrected chi connectivity index (χ2v) is 5.40. The van der Waals surface area contributed by atoms with E-state index in [0.717, 1.165) is 31.0 Å². The molecular formula is C9H11N3O5S. The number of nitro groups is 1. The largest absolute Gasteiger partial charge is 0.506 e. The molecule has 1 fully saturated rings. The second kappa shape index (κ2) is 4.42. The molecule has 8 nitrogen and oxygen atoms in total. The molecule has 1 aliphatic carbocycles. The standard InChI is InChI=1S/C9H11N3O5S/c13-9-4-3-7(12(14)15)5-8(9)11-18(16,17)10-6-1-2-6/h3-6,10-11,13H,1-2H2. The van der Waals surface area contributed by atoms with Crippen LogP contribution in [0.5, 0.6) is 5.75 Å². The summed E-state index contributed by atoms with van der Waals surface area (Å²) in [5, 5.41) is 20.0. The number of hydrogen-bond donors (Lipinski definition) is 3. The Bertz CT molecular complexity index is 582. The minimum atomic E-state index is -3.82. The van der Waals surface area contributed by atoms with Crippen LogP contribution in [0, 0.1) is 10.1 Å². The van der Waals surface area contributed by atoms with Crippen molar-refractivity contribution >= 4 is 21.6 Å². The number of nitro benzene ring substituents is 1. The molecular weight excluding hydrogens is 262 g/mol. The van der Waals surface area contributed by atoms with Gasteiger partial charge in [-0.25, -0.2) is 0 Å². The summed E-state index contributed by atoms with van der Waals surface area (Å²) in [6.07, 6.45) is 1.53. The lowest BCUT2D eigenvalue weighted by atomic mass is 10.2.